The van der Waals surface area contributed by atoms with Gasteiger partial charge in [0.15, 0.2) is 0 Å². The van der Waals surface area contributed by atoms with Gasteiger partial charge in [0.05, 0.1) is 104 Å². The lowest BCUT2D eigenvalue weighted by molar-refractivity contribution is -0.137. The Kier molecular flexibility index (Phi) is 36.4. The van der Waals surface area contributed by atoms with Gasteiger partial charge in [0.25, 0.3) is 59.1 Å². The molecule has 39 heteroatoms. The number of amides is 10. The summed E-state index contributed by atoms with van der Waals surface area (Å²) in [4.78, 5) is 123. The van der Waals surface area contributed by atoms with Gasteiger partial charge in [-0.05, 0) is 211 Å². The number of rotatable bonds is 20. The molecule has 15 aromatic rings. The monoisotopic (exact) mass is 2080 g/mol. The fourth-order valence-corrected chi connectivity index (χ4v) is 13.7. The Balaban J connectivity index is 0.000000173. The first-order valence-electron chi connectivity index (χ1n) is 42.4. The molecule has 740 valence electrons. The van der Waals surface area contributed by atoms with E-state index in [2.05, 4.69) is 53.2 Å². The maximum absolute atomic E-state index is 14.0. The van der Waals surface area contributed by atoms with Crippen LogP contribution in [0.3, 0.4) is 0 Å². The smallest absolute Gasteiger partial charge is 0.416 e. The number of hydrogen-bond acceptors (Lipinski definition) is 15. The number of phenolic OH excluding ortho intramolecular Hbond substituents is 5. The van der Waals surface area contributed by atoms with E-state index in [1.54, 1.807) is 121 Å². The Morgan fingerprint density at radius 1 is 0.214 bits per heavy atom. The Bertz CT molecular complexity index is 7390. The van der Waals surface area contributed by atoms with E-state index in [1.165, 1.54) is 97.1 Å². The maximum atomic E-state index is 14.0. The minimum absolute atomic E-state index is 0.00197. The molecular formula is C106H78Cl5F9N10O15. The van der Waals surface area contributed by atoms with E-state index in [0.29, 0.717) is 46.0 Å². The van der Waals surface area contributed by atoms with Crippen molar-refractivity contribution >= 4 is 174 Å². The summed E-state index contributed by atoms with van der Waals surface area (Å²) in [5.41, 5.74) is 5.37. The molecule has 0 fully saturated rings. The number of carbonyl (C=O) groups excluding carboxylic acids is 10. The summed E-state index contributed by atoms with van der Waals surface area (Å²) in [7, 11) is 0. The first kappa shape index (κ1) is 108. The van der Waals surface area contributed by atoms with Crippen LogP contribution < -0.4 is 53.2 Å². The third-order valence-corrected chi connectivity index (χ3v) is 22.1. The summed E-state index contributed by atoms with van der Waals surface area (Å²) in [6, 6.07) is 66.0. The summed E-state index contributed by atoms with van der Waals surface area (Å²) in [6.45, 7) is 9.47. The number of aromatic hydroxyl groups is 5. The largest absolute Gasteiger partial charge is 0.506 e. The molecule has 0 aliphatic rings. The van der Waals surface area contributed by atoms with E-state index in [9.17, 15) is 113 Å². The lowest BCUT2D eigenvalue weighted by atomic mass is 10.1. The summed E-state index contributed by atoms with van der Waals surface area (Å²) >= 11 is 30.7. The third-order valence-electron chi connectivity index (χ3n) is 20.5. The summed E-state index contributed by atoms with van der Waals surface area (Å²) in [5.74, 6) is -12.5. The highest BCUT2D eigenvalue weighted by atomic mass is 35.5. The molecule has 0 bridgehead atoms. The quantitative estimate of drug-likeness (QED) is 0.0249. The fraction of sp³-hybridized carbons (Fsp3) is 0.0566. The van der Waals surface area contributed by atoms with Crippen LogP contribution in [0.5, 0.6) is 28.7 Å². The van der Waals surface area contributed by atoms with E-state index >= 15 is 0 Å². The van der Waals surface area contributed by atoms with Crippen LogP contribution in [0, 0.1) is 69.5 Å². The van der Waals surface area contributed by atoms with Crippen molar-refractivity contribution in [2.75, 3.05) is 53.2 Å². The van der Waals surface area contributed by atoms with Crippen molar-refractivity contribution in [1.29, 1.82) is 0 Å². The zero-order valence-electron chi connectivity index (χ0n) is 75.8. The number of anilines is 10. The number of phenols is 5. The Labute approximate surface area is 844 Å². The minimum Gasteiger partial charge on any atom is -0.506 e. The molecular weight excluding hydrogens is 2000 g/mol. The van der Waals surface area contributed by atoms with Crippen molar-refractivity contribution < 1.29 is 113 Å². The number of carbonyl (C=O) groups is 10. The van der Waals surface area contributed by atoms with Gasteiger partial charge in [-0.25, -0.2) is 26.3 Å². The lowest BCUT2D eigenvalue weighted by Gasteiger charge is -2.13. The Morgan fingerprint density at radius 3 is 0.703 bits per heavy atom. The van der Waals surface area contributed by atoms with E-state index < -0.39 is 123 Å². The molecule has 0 unspecified atom stereocenters. The van der Waals surface area contributed by atoms with Crippen molar-refractivity contribution in [3.8, 4) is 28.7 Å². The second-order valence-corrected chi connectivity index (χ2v) is 33.5. The van der Waals surface area contributed by atoms with Crippen LogP contribution in [-0.2, 0) is 6.18 Å². The molecule has 0 aromatic heterocycles. The number of aryl methyl sites for hydroxylation is 5. The highest BCUT2D eigenvalue weighted by molar-refractivity contribution is 6.37. The Morgan fingerprint density at radius 2 is 0.441 bits per heavy atom. The van der Waals surface area contributed by atoms with Gasteiger partial charge < -0.3 is 78.7 Å². The topological polar surface area (TPSA) is 392 Å². The van der Waals surface area contributed by atoms with E-state index in [1.807, 2.05) is 34.6 Å². The summed E-state index contributed by atoms with van der Waals surface area (Å²) < 4.78 is 119. The van der Waals surface area contributed by atoms with Crippen molar-refractivity contribution in [2.24, 2.45) is 0 Å². The highest BCUT2D eigenvalue weighted by Crippen LogP contribution is 2.41. The Hall–Kier alpha value is -17.2. The average molecular weight is 2080 g/mol. The molecule has 0 aliphatic carbocycles. The number of alkyl halides is 3. The van der Waals surface area contributed by atoms with Gasteiger partial charge in [-0.2, -0.15) is 13.2 Å². The van der Waals surface area contributed by atoms with Crippen LogP contribution in [0.1, 0.15) is 137 Å². The van der Waals surface area contributed by atoms with E-state index in [4.69, 9.17) is 58.0 Å². The molecule has 0 saturated heterocycles. The third kappa shape index (κ3) is 30.2. The average Bonchev–Trinajstić information content (AvgIpc) is 0.819. The number of hydrogen-bond donors (Lipinski definition) is 15. The van der Waals surface area contributed by atoms with E-state index in [0.717, 1.165) is 76.3 Å². The molecule has 25 nitrogen and oxygen atoms in total. The second kappa shape index (κ2) is 48.8. The van der Waals surface area contributed by atoms with Gasteiger partial charge in [-0.15, -0.1) is 0 Å². The first-order valence-corrected chi connectivity index (χ1v) is 44.3. The van der Waals surface area contributed by atoms with Crippen LogP contribution in [0.4, 0.5) is 96.4 Å². The van der Waals surface area contributed by atoms with Gasteiger partial charge in [0.1, 0.15) is 63.7 Å². The van der Waals surface area contributed by atoms with Gasteiger partial charge in [-0.3, -0.25) is 47.9 Å². The minimum atomic E-state index is -4.76. The van der Waals surface area contributed by atoms with Gasteiger partial charge >= 0.3 is 6.18 Å². The van der Waals surface area contributed by atoms with E-state index in [-0.39, 0.29) is 128 Å². The molecule has 15 rings (SSSR count). The molecule has 15 N–H and O–H groups in total. The summed E-state index contributed by atoms with van der Waals surface area (Å²) in [5, 5.41) is 75.9. The van der Waals surface area contributed by atoms with Gasteiger partial charge in [0, 0.05) is 75.3 Å². The zero-order chi connectivity index (χ0) is 106. The standard InChI is InChI=1S/C22H15ClF4N2O3.C21H15ClF2N2O3.3C21H16ClFN2O3/c1-11-2-4-12(5-3-11)20(31)29-18-9-15(23)17(10-19(18)30)28-21(32)14-7-6-13(8-16(14)24)22(25,26)27;1-11-2-4-12(5-3-11)20(28)26-18-9-15(22)17(10-19(18)27)25-21(29)14-7-6-13(23)8-16(14)24;1-12-2-4-13(5-3-12)21(28)25-18-10-16(22)17(11-19(18)26)24-20(27)14-6-8-15(23)9-7-14;1-12-5-7-13(8-6-12)20(27)25-18-10-16(22)17(11-19(18)26)24-21(28)14-3-2-4-15(23)9-14;1-12-6-8-13(9-7-12)20(27)25-18-10-15(22)17(11-19(18)26)24-21(28)14-4-2-3-5-16(14)23/h2-10,30H,1H3,(H,28,32)(H,29,31);2-10,27H,1H3,(H,25,29)(H,26,28);2-11,26H,1H3,(H,24,27)(H,25,28);2*2-11,26H,1H3,(H,24,28)(H,25,27). The van der Waals surface area contributed by atoms with Crippen molar-refractivity contribution in [3.63, 3.8) is 0 Å². The van der Waals surface area contributed by atoms with Crippen molar-refractivity contribution in [3.05, 3.63) is 440 Å². The molecule has 0 saturated carbocycles. The predicted molar refractivity (Wildman–Crippen MR) is 538 cm³/mol. The van der Waals surface area contributed by atoms with Crippen LogP contribution in [0.15, 0.2) is 291 Å². The molecule has 0 spiro atoms. The van der Waals surface area contributed by atoms with Crippen LogP contribution in [-0.4, -0.2) is 84.6 Å². The molecule has 0 heterocycles. The molecule has 0 atom stereocenters. The second-order valence-electron chi connectivity index (χ2n) is 31.4. The predicted octanol–water partition coefficient (Wildman–Crippen LogP) is 26.1. The summed E-state index contributed by atoms with van der Waals surface area (Å²) in [6.07, 6.45) is -4.76. The SMILES string of the molecule is Cc1ccc(C(=O)Nc2cc(Cl)c(NC(=O)c3ccc(C(F)(F)F)cc3F)cc2O)cc1.Cc1ccc(C(=O)Nc2cc(Cl)c(NC(=O)c3ccc(F)cc3)cc2O)cc1.Cc1ccc(C(=O)Nc2cc(Cl)c(NC(=O)c3ccc(F)cc3F)cc2O)cc1.Cc1ccc(C(=O)Nc2cc(Cl)c(NC(=O)c3cccc(F)c3)cc2O)cc1.Cc1ccc(C(=O)Nc2cc(Cl)c(NC(=O)c3ccccc3F)cc2O)cc1. The van der Waals surface area contributed by atoms with Gasteiger partial charge in [-0.1, -0.05) is 165 Å². The van der Waals surface area contributed by atoms with Crippen LogP contribution in [0.2, 0.25) is 25.1 Å². The lowest BCUT2D eigenvalue weighted by Crippen LogP contribution is -2.16. The number of benzene rings is 15. The fourth-order valence-electron chi connectivity index (χ4n) is 12.7. The molecule has 145 heavy (non-hydrogen) atoms. The maximum Gasteiger partial charge on any atom is 0.416 e. The van der Waals surface area contributed by atoms with Crippen molar-refractivity contribution in [2.45, 2.75) is 40.8 Å². The van der Waals surface area contributed by atoms with Gasteiger partial charge in [0.2, 0.25) is 0 Å². The first-order chi connectivity index (χ1) is 68.7. The van der Waals surface area contributed by atoms with Crippen molar-refractivity contribution in [1.82, 2.24) is 0 Å². The molecule has 10 amide bonds. The highest BCUT2D eigenvalue weighted by Gasteiger charge is 2.33. The molecule has 0 aliphatic heterocycles. The molecule has 0 radical (unpaired) electrons. The zero-order valence-corrected chi connectivity index (χ0v) is 79.6. The number of nitrogens with one attached hydrogen (secondary N) is 10. The normalized spacial score (nSPS) is 10.6. The molecule has 15 aromatic carbocycles. The van der Waals surface area contributed by atoms with Crippen LogP contribution >= 0.6 is 58.0 Å². The van der Waals surface area contributed by atoms with Crippen LogP contribution in [0.25, 0.3) is 0 Å². The number of halogens is 14.